The van der Waals surface area contributed by atoms with E-state index in [0.29, 0.717) is 25.7 Å². The highest BCUT2D eigenvalue weighted by molar-refractivity contribution is 5.15. The first-order chi connectivity index (χ1) is 21.1. The Morgan fingerprint density at radius 2 is 0.681 bits per heavy atom. The van der Waals surface area contributed by atoms with Gasteiger partial charge in [0.15, 0.2) is 5.79 Å². The van der Waals surface area contributed by atoms with Gasteiger partial charge in [-0.05, 0) is 19.3 Å². The Morgan fingerprint density at radius 3 is 1.06 bits per heavy atom. The summed E-state index contributed by atoms with van der Waals surface area (Å²) in [5.41, 5.74) is 0. The van der Waals surface area contributed by atoms with Crippen molar-refractivity contribution in [3.8, 4) is 0 Å². The largest absolute Gasteiger partial charge is 0.460 e. The minimum Gasteiger partial charge on any atom is -0.350 e. The summed E-state index contributed by atoms with van der Waals surface area (Å²) >= 11 is 0. The number of hydrogen-bond acceptors (Lipinski definition) is 2. The molecule has 19 heteroatoms. The molecule has 0 atom stereocenters. The van der Waals surface area contributed by atoms with E-state index in [0.717, 1.165) is 25.7 Å². The highest BCUT2D eigenvalue weighted by atomic mass is 19.4. The van der Waals surface area contributed by atoms with Crippen LogP contribution >= 0.6 is 0 Å². The van der Waals surface area contributed by atoms with Crippen LogP contribution in [-0.2, 0) is 9.47 Å². The zero-order valence-corrected chi connectivity index (χ0v) is 26.1. The number of alkyl halides is 17. The molecule has 0 N–H and O–H groups in total. The molecule has 0 fully saturated rings. The van der Waals surface area contributed by atoms with Crippen LogP contribution in [0.2, 0.25) is 0 Å². The van der Waals surface area contributed by atoms with Crippen molar-refractivity contribution in [1.29, 1.82) is 0 Å². The summed E-state index contributed by atoms with van der Waals surface area (Å²) in [7, 11) is 0. The monoisotopic (exact) mass is 732 g/mol. The van der Waals surface area contributed by atoms with E-state index in [4.69, 9.17) is 9.47 Å². The first-order valence-corrected chi connectivity index (χ1v) is 15.1. The number of rotatable bonds is 25. The van der Waals surface area contributed by atoms with E-state index in [2.05, 4.69) is 0 Å². The van der Waals surface area contributed by atoms with Crippen molar-refractivity contribution in [2.45, 2.75) is 164 Å². The standard InChI is InChI=1S/C28H41F17O2/c1-4-7-10-11-12-13-14-15-20(46-18-8-5-2,47-19-9-6-3)16-17-21(29,30)22(31,32)23(33,34)24(35,36)25(37,38)26(39,40)27(41,42)28(43,44)45/h4-19H2,1-3H3. The minimum atomic E-state index is -8.64. The van der Waals surface area contributed by atoms with Crippen LogP contribution in [0.15, 0.2) is 0 Å². The quantitative estimate of drug-likeness (QED) is 0.0529. The van der Waals surface area contributed by atoms with Crippen LogP contribution in [-0.4, -0.2) is 66.6 Å². The molecule has 0 aliphatic rings. The number of halogens is 17. The summed E-state index contributed by atoms with van der Waals surface area (Å²) < 4.78 is 244. The highest BCUT2D eigenvalue weighted by Gasteiger charge is 2.95. The van der Waals surface area contributed by atoms with E-state index in [-0.39, 0.29) is 38.9 Å². The molecule has 0 spiro atoms. The summed E-state index contributed by atoms with van der Waals surface area (Å²) in [4.78, 5) is 0. The molecule has 47 heavy (non-hydrogen) atoms. The van der Waals surface area contributed by atoms with Gasteiger partial charge in [0, 0.05) is 19.3 Å². The number of ether oxygens (including phenoxy) is 2. The van der Waals surface area contributed by atoms with E-state index < -0.39 is 66.3 Å². The van der Waals surface area contributed by atoms with Crippen molar-refractivity contribution in [3.63, 3.8) is 0 Å². The molecule has 284 valence electrons. The topological polar surface area (TPSA) is 18.5 Å². The molecule has 0 saturated heterocycles. The SMILES string of the molecule is CCCCCCCCCC(CCC(F)(F)C(F)(F)C(F)(F)C(F)(F)C(F)(F)C(F)(F)C(F)(F)C(F)(F)F)(OCCCC)OCCCC. The zero-order chi connectivity index (χ0) is 37.2. The van der Waals surface area contributed by atoms with Gasteiger partial charge in [-0.3, -0.25) is 0 Å². The summed E-state index contributed by atoms with van der Waals surface area (Å²) in [5.74, 6) is -58.7. The smallest absolute Gasteiger partial charge is 0.350 e. The van der Waals surface area contributed by atoms with Crippen LogP contribution in [0.3, 0.4) is 0 Å². The van der Waals surface area contributed by atoms with E-state index >= 15 is 0 Å². The van der Waals surface area contributed by atoms with Crippen molar-refractivity contribution in [2.24, 2.45) is 0 Å². The molecule has 0 bridgehead atoms. The molecule has 0 aromatic carbocycles. The summed E-state index contributed by atoms with van der Waals surface area (Å²) in [5, 5.41) is 0. The van der Waals surface area contributed by atoms with Gasteiger partial charge in [-0.15, -0.1) is 0 Å². The highest BCUT2D eigenvalue weighted by Crippen LogP contribution is 2.64. The Morgan fingerprint density at radius 1 is 0.340 bits per heavy atom. The van der Waals surface area contributed by atoms with Crippen LogP contribution in [0.5, 0.6) is 0 Å². The molecule has 0 amide bonds. The fourth-order valence-corrected chi connectivity index (χ4v) is 4.31. The van der Waals surface area contributed by atoms with Gasteiger partial charge in [-0.1, -0.05) is 72.1 Å². The molecule has 2 nitrogen and oxygen atoms in total. The number of hydrogen-bond donors (Lipinski definition) is 0. The molecule has 0 aliphatic carbocycles. The van der Waals surface area contributed by atoms with Crippen LogP contribution in [0.25, 0.3) is 0 Å². The van der Waals surface area contributed by atoms with Gasteiger partial charge in [-0.25, -0.2) is 0 Å². The van der Waals surface area contributed by atoms with Crippen LogP contribution < -0.4 is 0 Å². The Bertz CT molecular complexity index is 894. The maximum atomic E-state index is 14.8. The molecule has 0 rings (SSSR count). The average Bonchev–Trinajstić information content (AvgIpc) is 2.94. The Labute approximate surface area is 262 Å². The maximum Gasteiger partial charge on any atom is 0.460 e. The van der Waals surface area contributed by atoms with Gasteiger partial charge in [0.2, 0.25) is 0 Å². The Kier molecular flexibility index (Phi) is 16.6. The first kappa shape index (κ1) is 45.7. The molecule has 0 saturated carbocycles. The van der Waals surface area contributed by atoms with E-state index in [1.165, 1.54) is 0 Å². The predicted octanol–water partition coefficient (Wildman–Crippen LogP) is 12.2. The minimum absolute atomic E-state index is 0.148. The molecular formula is C28H41F17O2. The molecule has 0 aromatic rings. The molecule has 0 aliphatic heterocycles. The average molecular weight is 733 g/mol. The second-order valence-corrected chi connectivity index (χ2v) is 11.3. The summed E-state index contributed by atoms with van der Waals surface area (Å²) in [6.07, 6.45) is -6.03. The van der Waals surface area contributed by atoms with Crippen molar-refractivity contribution >= 4 is 0 Å². The Balaban J connectivity index is 6.50. The van der Waals surface area contributed by atoms with E-state index in [1.807, 2.05) is 6.92 Å². The Hall–Kier alpha value is -1.27. The van der Waals surface area contributed by atoms with Crippen molar-refractivity contribution in [3.05, 3.63) is 0 Å². The van der Waals surface area contributed by atoms with E-state index in [1.54, 1.807) is 13.8 Å². The third-order valence-corrected chi connectivity index (χ3v) is 7.49. The normalized spacial score (nSPS) is 15.1. The lowest BCUT2D eigenvalue weighted by Crippen LogP contribution is -2.74. The van der Waals surface area contributed by atoms with Crippen LogP contribution in [0.1, 0.15) is 111 Å². The maximum absolute atomic E-state index is 14.8. The molecule has 0 heterocycles. The van der Waals surface area contributed by atoms with Gasteiger partial charge in [0.1, 0.15) is 0 Å². The fraction of sp³-hybridized carbons (Fsp3) is 1.00. The second-order valence-electron chi connectivity index (χ2n) is 11.3. The molecule has 0 unspecified atom stereocenters. The zero-order valence-electron chi connectivity index (χ0n) is 26.1. The van der Waals surface area contributed by atoms with Gasteiger partial charge in [0.25, 0.3) is 0 Å². The van der Waals surface area contributed by atoms with Crippen LogP contribution in [0, 0.1) is 0 Å². The molecule has 0 aromatic heterocycles. The number of unbranched alkanes of at least 4 members (excludes halogenated alkanes) is 8. The summed E-state index contributed by atoms with van der Waals surface area (Å²) in [6.45, 7) is 4.80. The van der Waals surface area contributed by atoms with Gasteiger partial charge in [-0.2, -0.15) is 74.6 Å². The van der Waals surface area contributed by atoms with Gasteiger partial charge >= 0.3 is 47.6 Å². The summed E-state index contributed by atoms with van der Waals surface area (Å²) in [6, 6.07) is 0. The second kappa shape index (κ2) is 17.1. The molecular weight excluding hydrogens is 691 g/mol. The third kappa shape index (κ3) is 9.92. The predicted molar refractivity (Wildman–Crippen MR) is 137 cm³/mol. The van der Waals surface area contributed by atoms with Crippen molar-refractivity contribution in [2.75, 3.05) is 13.2 Å². The lowest BCUT2D eigenvalue weighted by molar-refractivity contribution is -0.462. The lowest BCUT2D eigenvalue weighted by Gasteiger charge is -2.43. The van der Waals surface area contributed by atoms with Gasteiger partial charge < -0.3 is 9.47 Å². The third-order valence-electron chi connectivity index (χ3n) is 7.49. The molecule has 0 radical (unpaired) electrons. The fourth-order valence-electron chi connectivity index (χ4n) is 4.31. The van der Waals surface area contributed by atoms with Crippen LogP contribution in [0.4, 0.5) is 74.6 Å². The first-order valence-electron chi connectivity index (χ1n) is 15.1. The van der Waals surface area contributed by atoms with Gasteiger partial charge in [0.05, 0.1) is 13.2 Å². The van der Waals surface area contributed by atoms with Crippen molar-refractivity contribution in [1.82, 2.24) is 0 Å². The van der Waals surface area contributed by atoms with Crippen molar-refractivity contribution < 1.29 is 84.1 Å². The lowest BCUT2D eigenvalue weighted by atomic mass is 9.87. The van der Waals surface area contributed by atoms with E-state index in [9.17, 15) is 74.6 Å².